The monoisotopic (exact) mass is 533 g/mol. The highest BCUT2D eigenvalue weighted by Gasteiger charge is 2.58. The van der Waals surface area contributed by atoms with Gasteiger partial charge in [0.1, 0.15) is 12.2 Å². The lowest BCUT2D eigenvalue weighted by Crippen LogP contribution is -2.57. The summed E-state index contributed by atoms with van der Waals surface area (Å²) in [4.78, 5) is 28.6. The van der Waals surface area contributed by atoms with E-state index in [9.17, 15) is 9.59 Å². The maximum absolute atomic E-state index is 13.9. The van der Waals surface area contributed by atoms with E-state index in [0.29, 0.717) is 27.9 Å². The first kappa shape index (κ1) is 25.3. The van der Waals surface area contributed by atoms with Crippen LogP contribution in [0.5, 0.6) is 0 Å². The van der Waals surface area contributed by atoms with Crippen LogP contribution in [0.2, 0.25) is 5.02 Å². The quantitative estimate of drug-likeness (QED) is 0.307. The van der Waals surface area contributed by atoms with Gasteiger partial charge in [0.25, 0.3) is 0 Å². The minimum Gasteiger partial charge on any atom is -0.459 e. The zero-order valence-corrected chi connectivity index (χ0v) is 21.7. The highest BCUT2D eigenvalue weighted by Crippen LogP contribution is 2.50. The highest BCUT2D eigenvalue weighted by molar-refractivity contribution is 9.10. The van der Waals surface area contributed by atoms with E-state index in [1.165, 1.54) is 4.90 Å². The number of carbonyl (C=O) groups is 2. The van der Waals surface area contributed by atoms with E-state index < -0.39 is 23.2 Å². The van der Waals surface area contributed by atoms with Crippen molar-refractivity contribution in [3.63, 3.8) is 0 Å². The Bertz CT molecular complexity index is 1050. The van der Waals surface area contributed by atoms with Crippen molar-refractivity contribution in [3.8, 4) is 0 Å². The fraction of sp³-hybridized carbons (Fsp3) is 0.385. The molecule has 5 nitrogen and oxygen atoms in total. The second-order valence-electron chi connectivity index (χ2n) is 9.22. The molecule has 176 valence electrons. The first-order chi connectivity index (χ1) is 15.5. The number of carbonyl (C=O) groups excluding carboxylic acids is 2. The van der Waals surface area contributed by atoms with Crippen molar-refractivity contribution in [2.75, 3.05) is 7.05 Å². The van der Waals surface area contributed by atoms with Gasteiger partial charge in [-0.2, -0.15) is 0 Å². The summed E-state index contributed by atoms with van der Waals surface area (Å²) in [5, 5.41) is 0.541. The Morgan fingerprint density at radius 1 is 1.27 bits per heavy atom. The first-order valence-electron chi connectivity index (χ1n) is 10.8. The van der Waals surface area contributed by atoms with Gasteiger partial charge in [-0.1, -0.05) is 48.0 Å². The topological polar surface area (TPSA) is 55.8 Å². The highest BCUT2D eigenvalue weighted by atomic mass is 79.9. The number of likely N-dealkylation sites (N-methyl/N-ethyl adjacent to an activating group) is 1. The van der Waals surface area contributed by atoms with Gasteiger partial charge in [-0.3, -0.25) is 4.90 Å². The Morgan fingerprint density at radius 3 is 2.55 bits per heavy atom. The van der Waals surface area contributed by atoms with Crippen LogP contribution in [0.1, 0.15) is 43.9 Å². The van der Waals surface area contributed by atoms with Crippen molar-refractivity contribution in [3.05, 3.63) is 81.3 Å². The molecule has 2 atom stereocenters. The van der Waals surface area contributed by atoms with Crippen molar-refractivity contribution in [2.45, 2.75) is 51.4 Å². The number of benzene rings is 2. The summed E-state index contributed by atoms with van der Waals surface area (Å²) in [6.07, 6.45) is 2.20. The van der Waals surface area contributed by atoms with Gasteiger partial charge in [-0.25, -0.2) is 9.59 Å². The van der Waals surface area contributed by atoms with Crippen LogP contribution in [-0.2, 0) is 32.8 Å². The molecule has 2 aromatic carbocycles. The van der Waals surface area contributed by atoms with Gasteiger partial charge < -0.3 is 9.47 Å². The molecular weight excluding hydrogens is 506 g/mol. The molecule has 0 heterocycles. The van der Waals surface area contributed by atoms with Gasteiger partial charge in [0, 0.05) is 17.4 Å². The second-order valence-corrected chi connectivity index (χ2v) is 10.5. The van der Waals surface area contributed by atoms with E-state index in [2.05, 4.69) is 22.5 Å². The predicted molar refractivity (Wildman–Crippen MR) is 133 cm³/mol. The zero-order valence-electron chi connectivity index (χ0n) is 19.4. The molecule has 0 radical (unpaired) electrons. The molecule has 0 fully saturated rings. The van der Waals surface area contributed by atoms with Crippen molar-refractivity contribution in [1.29, 1.82) is 0 Å². The van der Waals surface area contributed by atoms with Crippen molar-refractivity contribution in [1.82, 2.24) is 4.90 Å². The standard InChI is InChI=1S/C26H29BrClNO4/c1-6-10-19-13-18-14-22(28)21(27)15-20(18)26(19,29(5)24(31)33-25(2,3)4)23(30)32-16-17-11-8-7-9-12-17/h6-9,11-12,14-15,19H,1,10,13,16H2,2-5H3/t19-,26+/m0/s1. The van der Waals surface area contributed by atoms with Crippen molar-refractivity contribution >= 4 is 39.6 Å². The van der Waals surface area contributed by atoms with E-state index in [-0.39, 0.29) is 12.5 Å². The summed E-state index contributed by atoms with van der Waals surface area (Å²) in [5.74, 6) is -0.810. The Morgan fingerprint density at radius 2 is 1.94 bits per heavy atom. The van der Waals surface area contributed by atoms with E-state index in [0.717, 1.165) is 11.1 Å². The van der Waals surface area contributed by atoms with Gasteiger partial charge in [-0.15, -0.1) is 6.58 Å². The smallest absolute Gasteiger partial charge is 0.411 e. The average Bonchev–Trinajstić information content (AvgIpc) is 3.05. The number of rotatable bonds is 6. The van der Waals surface area contributed by atoms with Crippen LogP contribution >= 0.6 is 27.5 Å². The molecule has 7 heteroatoms. The summed E-state index contributed by atoms with van der Waals surface area (Å²) in [6.45, 7) is 9.35. The number of fused-ring (bicyclic) bond motifs is 1. The number of esters is 1. The average molecular weight is 535 g/mol. The third-order valence-electron chi connectivity index (χ3n) is 5.79. The summed E-state index contributed by atoms with van der Waals surface area (Å²) in [5.41, 5.74) is 0.306. The van der Waals surface area contributed by atoms with Gasteiger partial charge >= 0.3 is 12.1 Å². The van der Waals surface area contributed by atoms with Crippen LogP contribution in [0.15, 0.2) is 59.6 Å². The normalized spacial score (nSPS) is 19.5. The number of hydrogen-bond acceptors (Lipinski definition) is 4. The molecule has 0 aromatic heterocycles. The van der Waals surface area contributed by atoms with Crippen molar-refractivity contribution < 1.29 is 19.1 Å². The zero-order chi connectivity index (χ0) is 24.4. The Kier molecular flexibility index (Phi) is 7.59. The third-order valence-corrected chi connectivity index (χ3v) is 6.98. The fourth-order valence-corrected chi connectivity index (χ4v) is 4.91. The summed E-state index contributed by atoms with van der Waals surface area (Å²) in [7, 11) is 1.59. The van der Waals surface area contributed by atoms with Gasteiger partial charge in [0.05, 0.1) is 5.02 Å². The van der Waals surface area contributed by atoms with Crippen LogP contribution < -0.4 is 0 Å². The number of ether oxygens (including phenoxy) is 2. The molecule has 0 saturated heterocycles. The minimum absolute atomic E-state index is 0.0917. The van der Waals surface area contributed by atoms with E-state index in [1.807, 2.05) is 42.5 Å². The number of halogens is 2. The SMILES string of the molecule is C=CC[C@H]1Cc2cc(Cl)c(Br)cc2[C@]1(C(=O)OCc1ccccc1)N(C)C(=O)OC(C)(C)C. The predicted octanol–water partition coefficient (Wildman–Crippen LogP) is 6.66. The molecule has 1 aliphatic rings. The van der Waals surface area contributed by atoms with Crippen LogP contribution in [0, 0.1) is 5.92 Å². The molecule has 0 bridgehead atoms. The largest absolute Gasteiger partial charge is 0.459 e. The van der Waals surface area contributed by atoms with E-state index in [1.54, 1.807) is 33.9 Å². The lowest BCUT2D eigenvalue weighted by atomic mass is 9.80. The Hall–Kier alpha value is -2.31. The molecule has 0 saturated carbocycles. The molecule has 33 heavy (non-hydrogen) atoms. The Balaban J connectivity index is 2.13. The van der Waals surface area contributed by atoms with Crippen LogP contribution in [0.4, 0.5) is 4.79 Å². The lowest BCUT2D eigenvalue weighted by Gasteiger charge is -2.42. The van der Waals surface area contributed by atoms with Gasteiger partial charge in [0.2, 0.25) is 0 Å². The first-order valence-corrected chi connectivity index (χ1v) is 11.9. The van der Waals surface area contributed by atoms with Crippen molar-refractivity contribution in [2.24, 2.45) is 5.92 Å². The van der Waals surface area contributed by atoms with Crippen LogP contribution in [0.3, 0.4) is 0 Å². The van der Waals surface area contributed by atoms with Crippen LogP contribution in [-0.4, -0.2) is 29.6 Å². The fourth-order valence-electron chi connectivity index (χ4n) is 4.38. The molecule has 0 aliphatic heterocycles. The Labute approximate surface area is 208 Å². The molecule has 0 unspecified atom stereocenters. The molecule has 0 N–H and O–H groups in total. The van der Waals surface area contributed by atoms with Gasteiger partial charge in [0.15, 0.2) is 5.54 Å². The minimum atomic E-state index is -1.40. The molecule has 1 amide bonds. The van der Waals surface area contributed by atoms with E-state index in [4.69, 9.17) is 21.1 Å². The number of amides is 1. The molecule has 3 rings (SSSR count). The third kappa shape index (κ3) is 5.12. The number of nitrogens with zero attached hydrogens (tertiary/aromatic N) is 1. The summed E-state index contributed by atoms with van der Waals surface area (Å²) in [6, 6.07) is 13.1. The number of allylic oxidation sites excluding steroid dienone is 1. The molecule has 0 spiro atoms. The van der Waals surface area contributed by atoms with Crippen LogP contribution in [0.25, 0.3) is 0 Å². The molecular formula is C26H29BrClNO4. The molecule has 1 aliphatic carbocycles. The van der Waals surface area contributed by atoms with E-state index >= 15 is 0 Å². The maximum atomic E-state index is 13.9. The second kappa shape index (κ2) is 9.90. The summed E-state index contributed by atoms with van der Waals surface area (Å²) >= 11 is 9.85. The van der Waals surface area contributed by atoms with Gasteiger partial charge in [-0.05, 0) is 78.4 Å². The molecule has 2 aromatic rings. The lowest BCUT2D eigenvalue weighted by molar-refractivity contribution is -0.163. The summed E-state index contributed by atoms with van der Waals surface area (Å²) < 4.78 is 12.1. The maximum Gasteiger partial charge on any atom is 0.411 e. The number of hydrogen-bond donors (Lipinski definition) is 0.